The maximum absolute atomic E-state index is 10.6. The van der Waals surface area contributed by atoms with Gasteiger partial charge in [-0.3, -0.25) is 4.79 Å². The minimum absolute atomic E-state index is 0.140. The second-order valence-corrected chi connectivity index (χ2v) is 5.17. The zero-order valence-corrected chi connectivity index (χ0v) is 11.9. The van der Waals surface area contributed by atoms with Crippen LogP contribution in [-0.4, -0.2) is 6.29 Å². The van der Waals surface area contributed by atoms with Gasteiger partial charge in [-0.15, -0.1) is 0 Å². The molecule has 0 radical (unpaired) electrons. The van der Waals surface area contributed by atoms with E-state index in [1.54, 1.807) is 0 Å². The van der Waals surface area contributed by atoms with Crippen molar-refractivity contribution in [3.05, 3.63) is 70.8 Å². The van der Waals surface area contributed by atoms with Gasteiger partial charge in [0.25, 0.3) is 0 Å². The molecule has 0 aromatic heterocycles. The number of nitrogens with two attached hydrogens (primary N) is 1. The molecule has 0 fully saturated rings. The van der Waals surface area contributed by atoms with E-state index < -0.39 is 0 Å². The van der Waals surface area contributed by atoms with Gasteiger partial charge in [-0.1, -0.05) is 61.9 Å². The molecule has 0 aliphatic carbocycles. The maximum atomic E-state index is 10.6. The smallest absolute Gasteiger partial charge is 0.150 e. The second kappa shape index (κ2) is 7.01. The van der Waals surface area contributed by atoms with E-state index in [9.17, 15) is 4.79 Å². The molecule has 0 amide bonds. The monoisotopic (exact) mass is 267 g/mol. The predicted molar refractivity (Wildman–Crippen MR) is 82.9 cm³/mol. The van der Waals surface area contributed by atoms with Crippen molar-refractivity contribution >= 4 is 6.29 Å². The highest BCUT2D eigenvalue weighted by molar-refractivity contribution is 5.74. The zero-order valence-electron chi connectivity index (χ0n) is 11.9. The third-order valence-corrected chi connectivity index (χ3v) is 3.53. The SMILES string of the molecule is CCC[C@@H](N)c1ccc(Cc2ccc(C=O)cc2)cc1. The fourth-order valence-corrected chi connectivity index (χ4v) is 2.31. The molecule has 0 unspecified atom stereocenters. The Balaban J connectivity index is 2.04. The first-order valence-electron chi connectivity index (χ1n) is 7.11. The van der Waals surface area contributed by atoms with Crippen molar-refractivity contribution < 1.29 is 4.79 Å². The molecule has 0 aliphatic heterocycles. The van der Waals surface area contributed by atoms with Crippen molar-refractivity contribution in [2.75, 3.05) is 0 Å². The number of aldehydes is 1. The van der Waals surface area contributed by atoms with Gasteiger partial charge < -0.3 is 5.73 Å². The average Bonchev–Trinajstić information content (AvgIpc) is 2.49. The molecular weight excluding hydrogens is 246 g/mol. The van der Waals surface area contributed by atoms with Crippen LogP contribution in [-0.2, 0) is 6.42 Å². The lowest BCUT2D eigenvalue weighted by Crippen LogP contribution is -2.09. The van der Waals surface area contributed by atoms with Gasteiger partial charge in [0.2, 0.25) is 0 Å². The van der Waals surface area contributed by atoms with Gasteiger partial charge in [-0.2, -0.15) is 0 Å². The molecule has 0 saturated heterocycles. The lowest BCUT2D eigenvalue weighted by molar-refractivity contribution is 0.112. The van der Waals surface area contributed by atoms with Crippen LogP contribution in [0.1, 0.15) is 52.9 Å². The first-order chi connectivity index (χ1) is 9.72. The topological polar surface area (TPSA) is 43.1 Å². The average molecular weight is 267 g/mol. The summed E-state index contributed by atoms with van der Waals surface area (Å²) in [6, 6.07) is 16.4. The van der Waals surface area contributed by atoms with E-state index >= 15 is 0 Å². The highest BCUT2D eigenvalue weighted by atomic mass is 16.1. The number of hydrogen-bond acceptors (Lipinski definition) is 2. The molecule has 20 heavy (non-hydrogen) atoms. The van der Waals surface area contributed by atoms with Crippen molar-refractivity contribution in [1.82, 2.24) is 0 Å². The van der Waals surface area contributed by atoms with Crippen LogP contribution in [0.3, 0.4) is 0 Å². The predicted octanol–water partition coefficient (Wildman–Crippen LogP) is 3.89. The fourth-order valence-electron chi connectivity index (χ4n) is 2.31. The van der Waals surface area contributed by atoms with E-state index in [2.05, 4.69) is 31.2 Å². The summed E-state index contributed by atoms with van der Waals surface area (Å²) in [6.07, 6.45) is 3.87. The molecule has 0 aliphatic rings. The number of carbonyl (C=O) groups is 1. The first-order valence-corrected chi connectivity index (χ1v) is 7.11. The van der Waals surface area contributed by atoms with Gasteiger partial charge >= 0.3 is 0 Å². The van der Waals surface area contributed by atoms with E-state index in [0.29, 0.717) is 0 Å². The summed E-state index contributed by atoms with van der Waals surface area (Å²) < 4.78 is 0. The summed E-state index contributed by atoms with van der Waals surface area (Å²) in [6.45, 7) is 2.15. The Labute approximate surface area is 120 Å². The van der Waals surface area contributed by atoms with E-state index in [1.807, 2.05) is 24.3 Å². The van der Waals surface area contributed by atoms with Gasteiger partial charge in [0.15, 0.2) is 0 Å². The van der Waals surface area contributed by atoms with Gasteiger partial charge in [-0.05, 0) is 29.5 Å². The zero-order chi connectivity index (χ0) is 14.4. The standard InChI is InChI=1S/C18H21NO/c1-2-3-18(19)17-10-8-15(9-11-17)12-14-4-6-16(13-20)7-5-14/h4-11,13,18H,2-3,12,19H2,1H3/t18-/m1/s1. The third kappa shape index (κ3) is 3.78. The molecule has 0 heterocycles. The number of carbonyl (C=O) groups excluding carboxylic acids is 1. The summed E-state index contributed by atoms with van der Waals surface area (Å²) in [5, 5.41) is 0. The molecule has 0 saturated carbocycles. The summed E-state index contributed by atoms with van der Waals surface area (Å²) in [5.41, 5.74) is 10.5. The highest BCUT2D eigenvalue weighted by Crippen LogP contribution is 2.18. The van der Waals surface area contributed by atoms with Crippen LogP contribution in [0.25, 0.3) is 0 Å². The molecule has 2 aromatic carbocycles. The molecular formula is C18H21NO. The molecule has 0 bridgehead atoms. The maximum Gasteiger partial charge on any atom is 0.150 e. The van der Waals surface area contributed by atoms with Gasteiger partial charge in [0, 0.05) is 11.6 Å². The Hall–Kier alpha value is -1.93. The van der Waals surface area contributed by atoms with Crippen LogP contribution in [0.15, 0.2) is 48.5 Å². The molecule has 2 nitrogen and oxygen atoms in total. The summed E-state index contributed by atoms with van der Waals surface area (Å²) in [5.74, 6) is 0. The Kier molecular flexibility index (Phi) is 5.08. The van der Waals surface area contributed by atoms with E-state index in [0.717, 1.165) is 31.1 Å². The molecule has 104 valence electrons. The van der Waals surface area contributed by atoms with E-state index in [4.69, 9.17) is 5.73 Å². The number of hydrogen-bond donors (Lipinski definition) is 1. The van der Waals surface area contributed by atoms with Crippen LogP contribution < -0.4 is 5.73 Å². The fraction of sp³-hybridized carbons (Fsp3) is 0.278. The Morgan fingerprint density at radius 3 is 2.05 bits per heavy atom. The number of benzene rings is 2. The van der Waals surface area contributed by atoms with Crippen molar-refractivity contribution in [2.45, 2.75) is 32.2 Å². The third-order valence-electron chi connectivity index (χ3n) is 3.53. The van der Waals surface area contributed by atoms with E-state index in [1.165, 1.54) is 16.7 Å². The summed E-state index contributed by atoms with van der Waals surface area (Å²) in [7, 11) is 0. The molecule has 1 atom stereocenters. The quantitative estimate of drug-likeness (QED) is 0.807. The lowest BCUT2D eigenvalue weighted by atomic mass is 9.99. The Morgan fingerprint density at radius 1 is 1.00 bits per heavy atom. The van der Waals surface area contributed by atoms with Crippen LogP contribution in [0.5, 0.6) is 0 Å². The van der Waals surface area contributed by atoms with E-state index in [-0.39, 0.29) is 6.04 Å². The summed E-state index contributed by atoms with van der Waals surface area (Å²) >= 11 is 0. The van der Waals surface area contributed by atoms with Crippen molar-refractivity contribution in [1.29, 1.82) is 0 Å². The first kappa shape index (κ1) is 14.5. The minimum Gasteiger partial charge on any atom is -0.324 e. The largest absolute Gasteiger partial charge is 0.324 e. The van der Waals surface area contributed by atoms with Gasteiger partial charge in [0.1, 0.15) is 6.29 Å². The van der Waals surface area contributed by atoms with Gasteiger partial charge in [0.05, 0.1) is 0 Å². The van der Waals surface area contributed by atoms with Crippen molar-refractivity contribution in [2.24, 2.45) is 5.73 Å². The molecule has 2 heteroatoms. The molecule has 2 rings (SSSR count). The summed E-state index contributed by atoms with van der Waals surface area (Å²) in [4.78, 5) is 10.6. The number of rotatable bonds is 6. The van der Waals surface area contributed by atoms with Gasteiger partial charge in [-0.25, -0.2) is 0 Å². The lowest BCUT2D eigenvalue weighted by Gasteiger charge is -2.11. The van der Waals surface area contributed by atoms with Crippen LogP contribution >= 0.6 is 0 Å². The van der Waals surface area contributed by atoms with Crippen molar-refractivity contribution in [3.63, 3.8) is 0 Å². The second-order valence-electron chi connectivity index (χ2n) is 5.17. The van der Waals surface area contributed by atoms with Crippen LogP contribution in [0.4, 0.5) is 0 Å². The Morgan fingerprint density at radius 2 is 1.55 bits per heavy atom. The molecule has 2 N–H and O–H groups in total. The normalized spacial score (nSPS) is 12.1. The Bertz CT molecular complexity index is 543. The van der Waals surface area contributed by atoms with Crippen LogP contribution in [0, 0.1) is 0 Å². The molecule has 2 aromatic rings. The highest BCUT2D eigenvalue weighted by Gasteiger charge is 2.04. The van der Waals surface area contributed by atoms with Crippen molar-refractivity contribution in [3.8, 4) is 0 Å². The molecule has 0 spiro atoms. The minimum atomic E-state index is 0.140. The van der Waals surface area contributed by atoms with Crippen LogP contribution in [0.2, 0.25) is 0 Å².